The highest BCUT2D eigenvalue weighted by Crippen LogP contribution is 2.46. The summed E-state index contributed by atoms with van der Waals surface area (Å²) in [5.74, 6) is 1.37. The minimum absolute atomic E-state index is 0.173. The molecule has 1 aromatic carbocycles. The van der Waals surface area contributed by atoms with E-state index in [-0.39, 0.29) is 5.54 Å². The van der Waals surface area contributed by atoms with Crippen molar-refractivity contribution in [3.8, 4) is 0 Å². The molecule has 8 heteroatoms. The Morgan fingerprint density at radius 1 is 1.14 bits per heavy atom. The fourth-order valence-electron chi connectivity index (χ4n) is 3.29. The van der Waals surface area contributed by atoms with Crippen LogP contribution in [0, 0.1) is 0 Å². The van der Waals surface area contributed by atoms with Crippen molar-refractivity contribution in [2.75, 3.05) is 18.7 Å². The van der Waals surface area contributed by atoms with Crippen molar-refractivity contribution in [2.24, 2.45) is 0 Å². The molecular weight excluding hydrogens is 374 g/mol. The van der Waals surface area contributed by atoms with Gasteiger partial charge in [-0.25, -0.2) is 15.0 Å². The Morgan fingerprint density at radius 3 is 2.68 bits per heavy atom. The first kappa shape index (κ1) is 18.9. The summed E-state index contributed by atoms with van der Waals surface area (Å²) < 4.78 is 7.40. The Labute approximate surface area is 168 Å². The highest BCUT2D eigenvalue weighted by atomic mass is 32.2. The van der Waals surface area contributed by atoms with Gasteiger partial charge < -0.3 is 14.4 Å². The van der Waals surface area contributed by atoms with E-state index in [1.165, 1.54) is 0 Å². The van der Waals surface area contributed by atoms with Crippen LogP contribution in [0.3, 0.4) is 0 Å². The van der Waals surface area contributed by atoms with Crippen LogP contribution in [-0.4, -0.2) is 38.5 Å². The van der Waals surface area contributed by atoms with Crippen molar-refractivity contribution in [3.63, 3.8) is 0 Å². The second-order valence-corrected chi connectivity index (χ2v) is 8.62. The third-order valence-electron chi connectivity index (χ3n) is 4.59. The zero-order valence-corrected chi connectivity index (χ0v) is 17.1. The Morgan fingerprint density at radius 2 is 1.93 bits per heavy atom. The molecule has 0 bridgehead atoms. The van der Waals surface area contributed by atoms with Gasteiger partial charge in [0.1, 0.15) is 23.7 Å². The Hall–Kier alpha value is -2.42. The van der Waals surface area contributed by atoms with Gasteiger partial charge in [-0.2, -0.15) is 0 Å². The highest BCUT2D eigenvalue weighted by molar-refractivity contribution is 7.99. The fraction of sp³-hybridized carbons (Fsp3) is 0.350. The van der Waals surface area contributed by atoms with E-state index in [4.69, 9.17) is 4.74 Å². The second kappa shape index (κ2) is 7.20. The zero-order valence-electron chi connectivity index (χ0n) is 16.3. The summed E-state index contributed by atoms with van der Waals surface area (Å²) in [6.07, 6.45) is 6.15. The number of aliphatic hydroxyl groups is 1. The summed E-state index contributed by atoms with van der Waals surface area (Å²) in [6, 6.07) is 5.92. The molecule has 0 saturated heterocycles. The van der Waals surface area contributed by atoms with Gasteiger partial charge in [0.05, 0.1) is 5.69 Å². The third-order valence-corrected chi connectivity index (χ3v) is 5.64. The quantitative estimate of drug-likeness (QED) is 0.719. The number of imidazole rings is 1. The van der Waals surface area contributed by atoms with E-state index >= 15 is 0 Å². The van der Waals surface area contributed by atoms with Crippen LogP contribution in [0.1, 0.15) is 38.3 Å². The molecule has 4 rings (SSSR count). The molecule has 3 heterocycles. The van der Waals surface area contributed by atoms with Crippen LogP contribution < -0.4 is 4.90 Å². The molecule has 1 unspecified atom stereocenters. The predicted octanol–water partition coefficient (Wildman–Crippen LogP) is 3.72. The number of fused-ring (bicyclic) bond motifs is 2. The Kier molecular flexibility index (Phi) is 4.86. The number of benzene rings is 1. The predicted molar refractivity (Wildman–Crippen MR) is 108 cm³/mol. The van der Waals surface area contributed by atoms with Gasteiger partial charge in [-0.15, -0.1) is 0 Å². The lowest BCUT2D eigenvalue weighted by Crippen LogP contribution is -2.26. The van der Waals surface area contributed by atoms with E-state index in [9.17, 15) is 5.11 Å². The van der Waals surface area contributed by atoms with E-state index in [2.05, 4.69) is 35.7 Å². The van der Waals surface area contributed by atoms with Crippen LogP contribution in [0.5, 0.6) is 0 Å². The molecule has 1 N–H and O–H groups in total. The number of methoxy groups -OCH3 is 1. The summed E-state index contributed by atoms with van der Waals surface area (Å²) in [4.78, 5) is 16.3. The number of ether oxygens (including phenoxy) is 1. The lowest BCUT2D eigenvalue weighted by Gasteiger charge is -2.31. The maximum Gasteiger partial charge on any atom is 0.168 e. The van der Waals surface area contributed by atoms with Crippen molar-refractivity contribution in [3.05, 3.63) is 54.4 Å². The molecule has 0 aliphatic carbocycles. The van der Waals surface area contributed by atoms with Gasteiger partial charge in [0.2, 0.25) is 0 Å². The van der Waals surface area contributed by atoms with Gasteiger partial charge in [0.15, 0.2) is 5.82 Å². The van der Waals surface area contributed by atoms with Crippen molar-refractivity contribution < 1.29 is 9.84 Å². The average Bonchev–Trinajstić information content (AvgIpc) is 3.17. The molecular formula is C20H23N5O2S. The number of nitrogens with zero attached hydrogens (tertiary/aromatic N) is 5. The topological polar surface area (TPSA) is 76.3 Å². The van der Waals surface area contributed by atoms with Crippen LogP contribution in [-0.2, 0) is 10.3 Å². The van der Waals surface area contributed by atoms with Crippen molar-refractivity contribution in [2.45, 2.75) is 42.3 Å². The van der Waals surface area contributed by atoms with E-state index in [0.29, 0.717) is 12.6 Å². The molecule has 0 fully saturated rings. The molecule has 28 heavy (non-hydrogen) atoms. The van der Waals surface area contributed by atoms with Crippen molar-refractivity contribution in [1.29, 1.82) is 0 Å². The van der Waals surface area contributed by atoms with E-state index in [0.717, 1.165) is 27.0 Å². The molecule has 7 nitrogen and oxygen atoms in total. The van der Waals surface area contributed by atoms with E-state index in [1.54, 1.807) is 37.5 Å². The number of hydrogen-bond donors (Lipinski definition) is 1. The first-order valence-corrected chi connectivity index (χ1v) is 9.83. The molecule has 146 valence electrons. The maximum absolute atomic E-state index is 11.1. The normalized spacial score (nSPS) is 14.5. The van der Waals surface area contributed by atoms with Gasteiger partial charge in [-0.05, 0) is 38.5 Å². The largest absolute Gasteiger partial charge is 0.380 e. The first-order chi connectivity index (χ1) is 13.4. The van der Waals surface area contributed by atoms with Gasteiger partial charge in [0.25, 0.3) is 0 Å². The van der Waals surface area contributed by atoms with Crippen LogP contribution in [0.25, 0.3) is 0 Å². The lowest BCUT2D eigenvalue weighted by atomic mass is 10.0. The van der Waals surface area contributed by atoms with E-state index < -0.39 is 6.10 Å². The smallest absolute Gasteiger partial charge is 0.168 e. The van der Waals surface area contributed by atoms with Gasteiger partial charge in [-0.3, -0.25) is 4.90 Å². The second-order valence-electron chi connectivity index (χ2n) is 7.59. The van der Waals surface area contributed by atoms with E-state index in [1.807, 2.05) is 33.9 Å². The molecule has 0 spiro atoms. The van der Waals surface area contributed by atoms with Crippen molar-refractivity contribution >= 4 is 23.3 Å². The van der Waals surface area contributed by atoms with Crippen molar-refractivity contribution in [1.82, 2.24) is 19.5 Å². The summed E-state index contributed by atoms with van der Waals surface area (Å²) >= 11 is 1.56. The summed E-state index contributed by atoms with van der Waals surface area (Å²) in [7, 11) is 1.65. The number of hydrogen-bond acceptors (Lipinski definition) is 7. The summed E-state index contributed by atoms with van der Waals surface area (Å²) in [6.45, 7) is 6.61. The molecule has 3 aromatic rings. The van der Waals surface area contributed by atoms with Gasteiger partial charge in [0, 0.05) is 42.3 Å². The standard InChI is InChI=1S/C20H23N5O2S/c1-20(2,3)25-10-9-22-17(25)16(26)13-5-6-15-14(11-13)24(12-27-4)18-19(28-15)23-8-7-21-18/h5-11,16,26H,12H2,1-4H3. The maximum atomic E-state index is 11.1. The highest BCUT2D eigenvalue weighted by Gasteiger charge is 2.28. The molecule has 2 aromatic heterocycles. The SMILES string of the molecule is COCN1c2cc(C(O)c3nccn3C(C)(C)C)ccc2Sc2nccnc21. The molecule has 1 atom stereocenters. The van der Waals surface area contributed by atoms with Crippen LogP contribution in [0.4, 0.5) is 11.5 Å². The third kappa shape index (κ3) is 3.28. The number of rotatable bonds is 4. The number of aromatic nitrogens is 4. The first-order valence-electron chi connectivity index (χ1n) is 9.01. The number of aliphatic hydroxyl groups excluding tert-OH is 1. The van der Waals surface area contributed by atoms with Gasteiger partial charge in [-0.1, -0.05) is 17.8 Å². The monoisotopic (exact) mass is 397 g/mol. The minimum Gasteiger partial charge on any atom is -0.380 e. The Bertz CT molecular complexity index is 998. The molecule has 0 amide bonds. The minimum atomic E-state index is -0.836. The fourth-order valence-corrected chi connectivity index (χ4v) is 4.27. The van der Waals surface area contributed by atoms with Crippen LogP contribution in [0.15, 0.2) is 52.9 Å². The lowest BCUT2D eigenvalue weighted by molar-refractivity contribution is 0.194. The molecule has 0 saturated carbocycles. The zero-order chi connectivity index (χ0) is 19.9. The number of anilines is 2. The molecule has 0 radical (unpaired) electrons. The van der Waals surface area contributed by atoms with Crippen LogP contribution in [0.2, 0.25) is 0 Å². The Balaban J connectivity index is 1.75. The van der Waals surface area contributed by atoms with Gasteiger partial charge >= 0.3 is 0 Å². The summed E-state index contributed by atoms with van der Waals surface area (Å²) in [5.41, 5.74) is 1.53. The molecule has 1 aliphatic heterocycles. The average molecular weight is 398 g/mol. The van der Waals surface area contributed by atoms with Crippen LogP contribution >= 0.6 is 11.8 Å². The molecule has 1 aliphatic rings. The summed E-state index contributed by atoms with van der Waals surface area (Å²) in [5, 5.41) is 11.9.